The SMILES string of the molecule is C1=CCN(Cc2ccccc2)C(CCOCc2ccccc2)C1. The molecule has 1 unspecified atom stereocenters. The van der Waals surface area contributed by atoms with E-state index in [4.69, 9.17) is 4.74 Å². The molecule has 1 atom stereocenters. The Balaban J connectivity index is 1.46. The van der Waals surface area contributed by atoms with Crippen LogP contribution in [-0.2, 0) is 17.9 Å². The molecule has 0 radical (unpaired) electrons. The van der Waals surface area contributed by atoms with Crippen LogP contribution in [0.4, 0.5) is 0 Å². The molecule has 0 amide bonds. The molecule has 2 aromatic carbocycles. The molecule has 0 fully saturated rings. The lowest BCUT2D eigenvalue weighted by molar-refractivity contribution is 0.0866. The third kappa shape index (κ3) is 5.05. The zero-order valence-electron chi connectivity index (χ0n) is 13.6. The van der Waals surface area contributed by atoms with E-state index in [0.29, 0.717) is 12.6 Å². The Kier molecular flexibility index (Phi) is 6.01. The molecular formula is C21H25NO. The molecule has 3 rings (SSSR count). The number of nitrogens with zero attached hydrogens (tertiary/aromatic N) is 1. The van der Waals surface area contributed by atoms with Gasteiger partial charge in [-0.15, -0.1) is 0 Å². The minimum atomic E-state index is 0.580. The summed E-state index contributed by atoms with van der Waals surface area (Å²) in [6.07, 6.45) is 6.80. The summed E-state index contributed by atoms with van der Waals surface area (Å²) in [6, 6.07) is 21.7. The molecule has 2 nitrogen and oxygen atoms in total. The second-order valence-corrected chi connectivity index (χ2v) is 6.10. The molecule has 0 saturated heterocycles. The van der Waals surface area contributed by atoms with Gasteiger partial charge < -0.3 is 4.74 Å². The van der Waals surface area contributed by atoms with Crippen LogP contribution in [-0.4, -0.2) is 24.1 Å². The first-order valence-electron chi connectivity index (χ1n) is 8.46. The van der Waals surface area contributed by atoms with Gasteiger partial charge in [-0.1, -0.05) is 72.8 Å². The zero-order valence-corrected chi connectivity index (χ0v) is 13.6. The molecule has 23 heavy (non-hydrogen) atoms. The number of hydrogen-bond acceptors (Lipinski definition) is 2. The average molecular weight is 307 g/mol. The minimum Gasteiger partial charge on any atom is -0.377 e. The van der Waals surface area contributed by atoms with Crippen molar-refractivity contribution in [1.29, 1.82) is 0 Å². The van der Waals surface area contributed by atoms with E-state index in [0.717, 1.165) is 32.5 Å². The van der Waals surface area contributed by atoms with E-state index in [2.05, 4.69) is 71.6 Å². The van der Waals surface area contributed by atoms with Crippen LogP contribution in [0.3, 0.4) is 0 Å². The van der Waals surface area contributed by atoms with E-state index in [1.54, 1.807) is 0 Å². The van der Waals surface area contributed by atoms with Crippen LogP contribution in [0.2, 0.25) is 0 Å². The summed E-state index contributed by atoms with van der Waals surface area (Å²) in [6.45, 7) is 3.59. The topological polar surface area (TPSA) is 12.5 Å². The Morgan fingerprint density at radius 1 is 0.870 bits per heavy atom. The van der Waals surface area contributed by atoms with E-state index in [1.165, 1.54) is 11.1 Å². The van der Waals surface area contributed by atoms with Crippen LogP contribution in [0.25, 0.3) is 0 Å². The highest BCUT2D eigenvalue weighted by molar-refractivity contribution is 5.15. The van der Waals surface area contributed by atoms with E-state index in [-0.39, 0.29) is 0 Å². The molecule has 0 spiro atoms. The monoisotopic (exact) mass is 307 g/mol. The van der Waals surface area contributed by atoms with Gasteiger partial charge >= 0.3 is 0 Å². The van der Waals surface area contributed by atoms with Crippen molar-refractivity contribution in [3.8, 4) is 0 Å². The largest absolute Gasteiger partial charge is 0.377 e. The number of rotatable bonds is 7. The third-order valence-corrected chi connectivity index (χ3v) is 4.37. The van der Waals surface area contributed by atoms with Gasteiger partial charge in [0.1, 0.15) is 0 Å². The molecule has 1 heterocycles. The van der Waals surface area contributed by atoms with Crippen LogP contribution in [0.5, 0.6) is 0 Å². The Labute approximate surface area is 139 Å². The lowest BCUT2D eigenvalue weighted by Gasteiger charge is -2.33. The van der Waals surface area contributed by atoms with Gasteiger partial charge in [0.25, 0.3) is 0 Å². The van der Waals surface area contributed by atoms with Crippen LogP contribution in [0.15, 0.2) is 72.8 Å². The maximum Gasteiger partial charge on any atom is 0.0716 e. The van der Waals surface area contributed by atoms with E-state index in [9.17, 15) is 0 Å². The highest BCUT2D eigenvalue weighted by Crippen LogP contribution is 2.18. The summed E-state index contributed by atoms with van der Waals surface area (Å²) >= 11 is 0. The van der Waals surface area contributed by atoms with Gasteiger partial charge in [0.05, 0.1) is 6.61 Å². The highest BCUT2D eigenvalue weighted by atomic mass is 16.5. The van der Waals surface area contributed by atoms with Crippen LogP contribution < -0.4 is 0 Å². The summed E-state index contributed by atoms with van der Waals surface area (Å²) < 4.78 is 5.87. The molecule has 0 N–H and O–H groups in total. The van der Waals surface area contributed by atoms with Gasteiger partial charge in [0.2, 0.25) is 0 Å². The number of hydrogen-bond donors (Lipinski definition) is 0. The number of benzene rings is 2. The molecule has 0 saturated carbocycles. The Hall–Kier alpha value is -1.90. The molecule has 0 aromatic heterocycles. The normalized spacial score (nSPS) is 18.2. The maximum atomic E-state index is 5.87. The third-order valence-electron chi connectivity index (χ3n) is 4.37. The standard InChI is InChI=1S/C21H25NO/c1-3-9-19(10-4-1)17-22-15-8-7-13-21(22)14-16-23-18-20-11-5-2-6-12-20/h1-12,21H,13-18H2. The molecule has 0 aliphatic carbocycles. The van der Waals surface area contributed by atoms with Crippen molar-refractivity contribution in [3.05, 3.63) is 83.9 Å². The first kappa shape index (κ1) is 16.0. The predicted molar refractivity (Wildman–Crippen MR) is 95.1 cm³/mol. The molecule has 1 aliphatic heterocycles. The molecule has 2 heteroatoms. The molecule has 0 bridgehead atoms. The number of ether oxygens (including phenoxy) is 1. The average Bonchev–Trinajstić information content (AvgIpc) is 2.62. The lowest BCUT2D eigenvalue weighted by atomic mass is 10.0. The second-order valence-electron chi connectivity index (χ2n) is 6.10. The fourth-order valence-electron chi connectivity index (χ4n) is 3.06. The molecule has 120 valence electrons. The first-order valence-corrected chi connectivity index (χ1v) is 8.46. The Morgan fingerprint density at radius 3 is 2.30 bits per heavy atom. The first-order chi connectivity index (χ1) is 11.4. The summed E-state index contributed by atoms with van der Waals surface area (Å²) in [7, 11) is 0. The van der Waals surface area contributed by atoms with Gasteiger partial charge in [-0.25, -0.2) is 0 Å². The molecular weight excluding hydrogens is 282 g/mol. The van der Waals surface area contributed by atoms with Gasteiger partial charge in [-0.05, 0) is 24.0 Å². The van der Waals surface area contributed by atoms with Crippen LogP contribution in [0, 0.1) is 0 Å². The van der Waals surface area contributed by atoms with Crippen molar-refractivity contribution >= 4 is 0 Å². The summed E-state index contributed by atoms with van der Waals surface area (Å²) in [5, 5.41) is 0. The summed E-state index contributed by atoms with van der Waals surface area (Å²) in [4.78, 5) is 2.56. The smallest absolute Gasteiger partial charge is 0.0716 e. The molecule has 2 aromatic rings. The quantitative estimate of drug-likeness (QED) is 0.554. The fraction of sp³-hybridized carbons (Fsp3) is 0.333. The maximum absolute atomic E-state index is 5.87. The van der Waals surface area contributed by atoms with Crippen molar-refractivity contribution in [1.82, 2.24) is 4.90 Å². The van der Waals surface area contributed by atoms with Crippen molar-refractivity contribution in [2.24, 2.45) is 0 Å². The van der Waals surface area contributed by atoms with Crippen molar-refractivity contribution in [3.63, 3.8) is 0 Å². The van der Waals surface area contributed by atoms with Gasteiger partial charge in [-0.3, -0.25) is 4.90 Å². The van der Waals surface area contributed by atoms with E-state index in [1.807, 2.05) is 6.07 Å². The van der Waals surface area contributed by atoms with Crippen molar-refractivity contribution in [2.45, 2.75) is 32.0 Å². The summed E-state index contributed by atoms with van der Waals surface area (Å²) in [5.41, 5.74) is 2.63. The van der Waals surface area contributed by atoms with Gasteiger partial charge in [0.15, 0.2) is 0 Å². The van der Waals surface area contributed by atoms with E-state index < -0.39 is 0 Å². The Bertz CT molecular complexity index is 594. The lowest BCUT2D eigenvalue weighted by Crippen LogP contribution is -2.37. The molecule has 1 aliphatic rings. The minimum absolute atomic E-state index is 0.580. The van der Waals surface area contributed by atoms with E-state index >= 15 is 0 Å². The van der Waals surface area contributed by atoms with Crippen LogP contribution >= 0.6 is 0 Å². The van der Waals surface area contributed by atoms with Gasteiger partial charge in [0, 0.05) is 25.7 Å². The fourth-order valence-corrected chi connectivity index (χ4v) is 3.06. The zero-order chi connectivity index (χ0) is 15.7. The predicted octanol–water partition coefficient (Wildman–Crippen LogP) is 4.42. The van der Waals surface area contributed by atoms with Crippen molar-refractivity contribution < 1.29 is 4.74 Å². The Morgan fingerprint density at radius 2 is 1.57 bits per heavy atom. The van der Waals surface area contributed by atoms with Crippen molar-refractivity contribution in [2.75, 3.05) is 13.2 Å². The summed E-state index contributed by atoms with van der Waals surface area (Å²) in [5.74, 6) is 0. The second kappa shape index (κ2) is 8.66. The van der Waals surface area contributed by atoms with Crippen LogP contribution in [0.1, 0.15) is 24.0 Å². The van der Waals surface area contributed by atoms with Gasteiger partial charge in [-0.2, -0.15) is 0 Å². The highest BCUT2D eigenvalue weighted by Gasteiger charge is 2.19.